The topological polar surface area (TPSA) is 42.4 Å². The fourth-order valence-electron chi connectivity index (χ4n) is 2.75. The van der Waals surface area contributed by atoms with Crippen LogP contribution in [0.4, 0.5) is 4.39 Å². The van der Waals surface area contributed by atoms with E-state index in [4.69, 9.17) is 4.74 Å². The van der Waals surface area contributed by atoms with Crippen LogP contribution in [0.5, 0.6) is 5.88 Å². The van der Waals surface area contributed by atoms with Gasteiger partial charge in [0.25, 0.3) is 0 Å². The highest BCUT2D eigenvalue weighted by Crippen LogP contribution is 2.46. The molecular formula is C14H17FN2O2S. The second-order valence-electron chi connectivity index (χ2n) is 5.29. The number of hydrogen-bond donors (Lipinski definition) is 0. The highest BCUT2D eigenvalue weighted by atomic mass is 32.2. The van der Waals surface area contributed by atoms with E-state index >= 15 is 0 Å². The minimum Gasteiger partial charge on any atom is -0.473 e. The predicted octanol–water partition coefficient (Wildman–Crippen LogP) is 1.91. The molecule has 1 unspecified atom stereocenters. The van der Waals surface area contributed by atoms with Crippen LogP contribution in [0.1, 0.15) is 12.8 Å². The Morgan fingerprint density at radius 2 is 2.40 bits per heavy atom. The Balaban J connectivity index is 1.50. The highest BCUT2D eigenvalue weighted by molar-refractivity contribution is 8.01. The molecule has 0 N–H and O–H groups in total. The summed E-state index contributed by atoms with van der Waals surface area (Å²) in [6, 6.07) is 5.62. The smallest absolute Gasteiger partial charge is 0.225 e. The molecule has 3 heterocycles. The van der Waals surface area contributed by atoms with Gasteiger partial charge in [-0.1, -0.05) is 6.07 Å². The highest BCUT2D eigenvalue weighted by Gasteiger charge is 2.51. The summed E-state index contributed by atoms with van der Waals surface area (Å²) in [6.45, 7) is 0.873. The molecule has 2 fully saturated rings. The molecule has 2 aliphatic heterocycles. The molecule has 0 radical (unpaired) electrons. The molecule has 6 heteroatoms. The number of thioether (sulfide) groups is 1. The summed E-state index contributed by atoms with van der Waals surface area (Å²) < 4.78 is 18.1. The number of carbonyl (C=O) groups excluding carboxylic acids is 1. The van der Waals surface area contributed by atoms with Crippen molar-refractivity contribution in [2.75, 3.05) is 25.5 Å². The first kappa shape index (κ1) is 13.7. The Bertz CT molecular complexity index is 479. The fourth-order valence-corrected chi connectivity index (χ4v) is 4.27. The Labute approximate surface area is 121 Å². The maximum absolute atomic E-state index is 12.2. The summed E-state index contributed by atoms with van der Waals surface area (Å²) in [6.07, 6.45) is 2.80. The van der Waals surface area contributed by atoms with Gasteiger partial charge in [0.1, 0.15) is 6.10 Å². The summed E-state index contributed by atoms with van der Waals surface area (Å²) >= 11 is 1.86. The average Bonchev–Trinajstić information content (AvgIpc) is 2.83. The van der Waals surface area contributed by atoms with Crippen LogP contribution >= 0.6 is 11.8 Å². The van der Waals surface area contributed by atoms with Gasteiger partial charge in [0.15, 0.2) is 0 Å². The first-order valence-corrected chi connectivity index (χ1v) is 7.75. The predicted molar refractivity (Wildman–Crippen MR) is 75.6 cm³/mol. The quantitative estimate of drug-likeness (QED) is 0.851. The summed E-state index contributed by atoms with van der Waals surface area (Å²) in [5.74, 6) is 1.49. The van der Waals surface area contributed by atoms with Gasteiger partial charge in [-0.3, -0.25) is 9.18 Å². The lowest BCUT2D eigenvalue weighted by Crippen LogP contribution is -2.60. The van der Waals surface area contributed by atoms with Crippen LogP contribution in [0.25, 0.3) is 0 Å². The number of ether oxygens (including phenoxy) is 1. The zero-order valence-corrected chi connectivity index (χ0v) is 11.9. The number of halogens is 1. The van der Waals surface area contributed by atoms with E-state index in [1.54, 1.807) is 11.1 Å². The average molecular weight is 296 g/mol. The largest absolute Gasteiger partial charge is 0.473 e. The number of rotatable bonds is 4. The number of hydrogen-bond acceptors (Lipinski definition) is 4. The maximum atomic E-state index is 12.2. The van der Waals surface area contributed by atoms with Crippen LogP contribution in [0.15, 0.2) is 24.4 Å². The number of likely N-dealkylation sites (tertiary alicyclic amines) is 1. The Hall–Kier alpha value is -1.30. The third-order valence-electron chi connectivity index (χ3n) is 3.72. The van der Waals surface area contributed by atoms with Crippen molar-refractivity contribution in [1.29, 1.82) is 0 Å². The lowest BCUT2D eigenvalue weighted by Gasteiger charge is -2.47. The van der Waals surface area contributed by atoms with E-state index in [0.717, 1.165) is 25.3 Å². The number of amides is 1. The van der Waals surface area contributed by atoms with Crippen LogP contribution < -0.4 is 4.74 Å². The zero-order valence-electron chi connectivity index (χ0n) is 11.1. The molecule has 0 bridgehead atoms. The molecular weight excluding hydrogens is 279 g/mol. The molecule has 1 atom stereocenters. The normalized spacial score (nSPS) is 23.6. The third-order valence-corrected chi connectivity index (χ3v) is 5.30. The molecule has 0 aromatic carbocycles. The van der Waals surface area contributed by atoms with Gasteiger partial charge in [-0.2, -0.15) is 0 Å². The first-order valence-electron chi connectivity index (χ1n) is 6.76. The zero-order chi connectivity index (χ0) is 14.0. The van der Waals surface area contributed by atoms with Gasteiger partial charge in [-0.25, -0.2) is 4.98 Å². The van der Waals surface area contributed by atoms with Crippen LogP contribution in [0, 0.1) is 0 Å². The van der Waals surface area contributed by atoms with Crippen LogP contribution in [0.3, 0.4) is 0 Å². The van der Waals surface area contributed by atoms with Crippen molar-refractivity contribution < 1.29 is 13.9 Å². The molecule has 1 aromatic rings. The maximum Gasteiger partial charge on any atom is 0.225 e. The fraction of sp³-hybridized carbons (Fsp3) is 0.571. The Morgan fingerprint density at radius 1 is 1.55 bits per heavy atom. The van der Waals surface area contributed by atoms with Gasteiger partial charge >= 0.3 is 0 Å². The van der Waals surface area contributed by atoms with Crippen molar-refractivity contribution in [1.82, 2.24) is 9.88 Å². The minimum absolute atomic E-state index is 0.00854. The van der Waals surface area contributed by atoms with Crippen molar-refractivity contribution in [3.05, 3.63) is 24.4 Å². The standard InChI is InChI=1S/C14H17FN2O2S/c15-5-4-13(18)17-9-14(10-17)7-11(8-20-14)19-12-3-1-2-6-16-12/h1-3,6,11H,4-5,7-10H2. The van der Waals surface area contributed by atoms with Crippen molar-refractivity contribution in [2.24, 2.45) is 0 Å². The number of aromatic nitrogens is 1. The summed E-state index contributed by atoms with van der Waals surface area (Å²) in [4.78, 5) is 17.5. The van der Waals surface area contributed by atoms with E-state index < -0.39 is 6.67 Å². The number of alkyl halides is 1. The van der Waals surface area contributed by atoms with Gasteiger partial charge in [0, 0.05) is 37.5 Å². The Kier molecular flexibility index (Phi) is 3.83. The van der Waals surface area contributed by atoms with Crippen LogP contribution in [-0.2, 0) is 4.79 Å². The van der Waals surface area contributed by atoms with Crippen LogP contribution in [-0.4, -0.2) is 52.2 Å². The second kappa shape index (κ2) is 5.60. The van der Waals surface area contributed by atoms with Gasteiger partial charge < -0.3 is 9.64 Å². The minimum atomic E-state index is -0.569. The molecule has 20 heavy (non-hydrogen) atoms. The van der Waals surface area contributed by atoms with Crippen molar-refractivity contribution >= 4 is 17.7 Å². The summed E-state index contributed by atoms with van der Waals surface area (Å²) in [7, 11) is 0. The van der Waals surface area contributed by atoms with Gasteiger partial charge in [0.05, 0.1) is 17.8 Å². The monoisotopic (exact) mass is 296 g/mol. The van der Waals surface area contributed by atoms with E-state index in [2.05, 4.69) is 4.98 Å². The Morgan fingerprint density at radius 3 is 3.10 bits per heavy atom. The SMILES string of the molecule is O=C(CCF)N1CC2(CC(Oc3ccccn3)CS2)C1. The lowest BCUT2D eigenvalue weighted by molar-refractivity contribution is -0.136. The molecule has 108 valence electrons. The second-order valence-corrected chi connectivity index (χ2v) is 6.78. The summed E-state index contributed by atoms with van der Waals surface area (Å²) in [5, 5.41) is 0. The lowest BCUT2D eigenvalue weighted by atomic mass is 9.92. The number of carbonyl (C=O) groups is 1. The van der Waals surface area contributed by atoms with Crippen molar-refractivity contribution in [3.8, 4) is 5.88 Å². The summed E-state index contributed by atoms with van der Waals surface area (Å²) in [5.41, 5.74) is 0. The molecule has 0 aliphatic carbocycles. The van der Waals surface area contributed by atoms with Crippen molar-refractivity contribution in [3.63, 3.8) is 0 Å². The number of nitrogens with zero attached hydrogens (tertiary/aromatic N) is 2. The van der Waals surface area contributed by atoms with E-state index in [-0.39, 0.29) is 23.2 Å². The molecule has 1 spiro atoms. The molecule has 1 amide bonds. The van der Waals surface area contributed by atoms with E-state index in [1.807, 2.05) is 30.0 Å². The van der Waals surface area contributed by atoms with Gasteiger partial charge in [-0.05, 0) is 6.07 Å². The molecule has 2 aliphatic rings. The van der Waals surface area contributed by atoms with E-state index in [9.17, 15) is 9.18 Å². The van der Waals surface area contributed by atoms with Gasteiger partial charge in [0.2, 0.25) is 11.8 Å². The molecule has 0 saturated carbocycles. The molecule has 1 aromatic heterocycles. The van der Waals surface area contributed by atoms with Crippen molar-refractivity contribution in [2.45, 2.75) is 23.7 Å². The van der Waals surface area contributed by atoms with Crippen LogP contribution in [0.2, 0.25) is 0 Å². The van der Waals surface area contributed by atoms with E-state index in [0.29, 0.717) is 5.88 Å². The van der Waals surface area contributed by atoms with E-state index in [1.165, 1.54) is 0 Å². The molecule has 2 saturated heterocycles. The molecule has 3 rings (SSSR count). The van der Waals surface area contributed by atoms with Gasteiger partial charge in [-0.15, -0.1) is 11.8 Å². The molecule has 4 nitrogen and oxygen atoms in total. The number of pyridine rings is 1. The third kappa shape index (κ3) is 2.75. The first-order chi connectivity index (χ1) is 9.71.